The van der Waals surface area contributed by atoms with Gasteiger partial charge in [0.25, 0.3) is 0 Å². The average Bonchev–Trinajstić information content (AvgIpc) is 2.14. The minimum atomic E-state index is -2.21. The summed E-state index contributed by atoms with van der Waals surface area (Å²) in [5, 5.41) is 61.5. The Hall–Kier alpha value is -0.280. The van der Waals surface area contributed by atoms with Crippen molar-refractivity contribution in [1.29, 1.82) is 0 Å². The molecule has 0 saturated heterocycles. The topological polar surface area (TPSA) is 142 Å². The highest BCUT2D eigenvalue weighted by Gasteiger charge is 2.33. The van der Waals surface area contributed by atoms with Gasteiger partial charge >= 0.3 is 0 Å². The average molecular weight is 212 g/mol. The van der Waals surface area contributed by atoms with Gasteiger partial charge in [-0.15, -0.1) is 0 Å². The number of hydrogen-bond acceptors (Lipinski definition) is 7. The van der Waals surface area contributed by atoms with Crippen molar-refractivity contribution in [3.63, 3.8) is 0 Å². The van der Waals surface area contributed by atoms with Crippen molar-refractivity contribution in [2.24, 2.45) is 0 Å². The third-order valence-corrected chi connectivity index (χ3v) is 1.82. The van der Waals surface area contributed by atoms with Gasteiger partial charge in [0.15, 0.2) is 6.29 Å². The van der Waals surface area contributed by atoms with Gasteiger partial charge in [0.2, 0.25) is 0 Å². The van der Waals surface area contributed by atoms with Gasteiger partial charge in [-0.05, 0) is 6.42 Å². The van der Waals surface area contributed by atoms with Crippen LogP contribution in [0.5, 0.6) is 0 Å². The minimum Gasteiger partial charge on any atom is -0.396 e. The second-order valence-electron chi connectivity index (χ2n) is 2.97. The quantitative estimate of drug-likeness (QED) is 0.223. The Balaban J connectivity index is 4.15. The monoisotopic (exact) mass is 212 g/mol. The Kier molecular flexibility index (Phi) is 6.12. The van der Waals surface area contributed by atoms with Gasteiger partial charge in [0.05, 0.1) is 6.10 Å². The van der Waals surface area contributed by atoms with Crippen molar-refractivity contribution in [3.05, 3.63) is 0 Å². The molecule has 0 aliphatic carbocycles. The van der Waals surface area contributed by atoms with E-state index >= 15 is 0 Å². The number of hydrogen-bond donors (Lipinski definition) is 7. The van der Waals surface area contributed by atoms with E-state index in [9.17, 15) is 0 Å². The normalized spacial score (nSPS) is 20.6. The van der Waals surface area contributed by atoms with Crippen LogP contribution in [0, 0.1) is 0 Å². The van der Waals surface area contributed by atoms with E-state index < -0.39 is 37.3 Å². The van der Waals surface area contributed by atoms with Crippen LogP contribution in [0.2, 0.25) is 0 Å². The minimum absolute atomic E-state index is 0.188. The Morgan fingerprint density at radius 3 is 1.57 bits per heavy atom. The van der Waals surface area contributed by atoms with Crippen LogP contribution in [0.4, 0.5) is 0 Å². The second-order valence-corrected chi connectivity index (χ2v) is 2.97. The summed E-state index contributed by atoms with van der Waals surface area (Å²) in [7, 11) is 0. The molecule has 86 valence electrons. The number of aliphatic hydroxyl groups excluding tert-OH is 6. The van der Waals surface area contributed by atoms with Crippen LogP contribution in [0.1, 0.15) is 6.42 Å². The van der Waals surface area contributed by atoms with Crippen LogP contribution in [-0.4, -0.2) is 73.1 Å². The highest BCUT2D eigenvalue weighted by molar-refractivity contribution is 4.81. The van der Waals surface area contributed by atoms with E-state index in [1.807, 2.05) is 0 Å². The van der Waals surface area contributed by atoms with E-state index in [-0.39, 0.29) is 6.42 Å². The highest BCUT2D eigenvalue weighted by Crippen LogP contribution is 2.09. The lowest BCUT2D eigenvalue weighted by Gasteiger charge is -2.26. The van der Waals surface area contributed by atoms with Crippen LogP contribution in [0.15, 0.2) is 0 Å². The Bertz CT molecular complexity index is 151. The Morgan fingerprint density at radius 1 is 0.714 bits per heavy atom. The molecule has 0 amide bonds. The largest absolute Gasteiger partial charge is 0.396 e. The summed E-state index contributed by atoms with van der Waals surface area (Å²) < 4.78 is 0. The smallest absolute Gasteiger partial charge is 0.180 e. The Morgan fingerprint density at radius 2 is 1.21 bits per heavy atom. The summed E-state index contributed by atoms with van der Waals surface area (Å²) in [6, 6.07) is 0. The van der Waals surface area contributed by atoms with Gasteiger partial charge in [-0.1, -0.05) is 0 Å². The maximum atomic E-state index is 9.14. The van der Waals surface area contributed by atoms with Crippen molar-refractivity contribution in [3.8, 4) is 0 Å². The molecule has 4 atom stereocenters. The molecule has 0 aliphatic rings. The zero-order valence-electron chi connectivity index (χ0n) is 7.43. The summed E-state index contributed by atoms with van der Waals surface area (Å²) in [6.45, 7) is -0.400. The van der Waals surface area contributed by atoms with Crippen molar-refractivity contribution in [2.75, 3.05) is 6.61 Å². The van der Waals surface area contributed by atoms with Crippen LogP contribution in [0.25, 0.3) is 0 Å². The summed E-state index contributed by atoms with van der Waals surface area (Å²) in [6.07, 6.45) is -9.45. The molecular formula is C7H16O7. The first kappa shape index (κ1) is 13.7. The molecule has 7 N–H and O–H groups in total. The first-order chi connectivity index (χ1) is 6.41. The van der Waals surface area contributed by atoms with Crippen LogP contribution in [-0.2, 0) is 0 Å². The number of rotatable bonds is 6. The van der Waals surface area contributed by atoms with E-state index in [0.29, 0.717) is 0 Å². The van der Waals surface area contributed by atoms with E-state index in [4.69, 9.17) is 35.7 Å². The summed E-state index contributed by atoms with van der Waals surface area (Å²) in [5.41, 5.74) is 0. The van der Waals surface area contributed by atoms with Gasteiger partial charge in [-0.3, -0.25) is 0 Å². The van der Waals surface area contributed by atoms with Gasteiger partial charge in [-0.2, -0.15) is 0 Å². The maximum absolute atomic E-state index is 9.14. The van der Waals surface area contributed by atoms with Gasteiger partial charge in [0, 0.05) is 6.61 Å². The molecule has 0 bridgehead atoms. The molecule has 0 fully saturated rings. The molecule has 0 aliphatic heterocycles. The predicted molar refractivity (Wildman–Crippen MR) is 44.0 cm³/mol. The van der Waals surface area contributed by atoms with Gasteiger partial charge in [0.1, 0.15) is 18.3 Å². The fraction of sp³-hybridized carbons (Fsp3) is 1.00. The summed E-state index contributed by atoms with van der Waals surface area (Å²) in [5.74, 6) is 0. The summed E-state index contributed by atoms with van der Waals surface area (Å²) >= 11 is 0. The van der Waals surface area contributed by atoms with Crippen molar-refractivity contribution < 1.29 is 35.7 Å². The molecule has 0 heterocycles. The standard InChI is InChI=1S/C7H16O7/c8-2-1-3(9)4(10)5(11)6(12)7(13)14/h3-14H,1-2H2. The van der Waals surface area contributed by atoms with Gasteiger partial charge in [-0.25, -0.2) is 0 Å². The van der Waals surface area contributed by atoms with E-state index in [1.165, 1.54) is 0 Å². The van der Waals surface area contributed by atoms with E-state index in [0.717, 1.165) is 0 Å². The first-order valence-corrected chi connectivity index (χ1v) is 4.11. The SMILES string of the molecule is OCCC(O)C(O)C(O)C(O)C(O)O. The lowest BCUT2D eigenvalue weighted by atomic mass is 10.0. The maximum Gasteiger partial charge on any atom is 0.180 e. The molecule has 7 nitrogen and oxygen atoms in total. The van der Waals surface area contributed by atoms with Crippen LogP contribution >= 0.6 is 0 Å². The molecule has 0 aromatic carbocycles. The van der Waals surface area contributed by atoms with E-state index in [2.05, 4.69) is 0 Å². The molecule has 0 rings (SSSR count). The van der Waals surface area contributed by atoms with Crippen molar-refractivity contribution >= 4 is 0 Å². The number of aliphatic hydroxyl groups is 7. The third kappa shape index (κ3) is 3.84. The third-order valence-electron chi connectivity index (χ3n) is 1.82. The van der Waals surface area contributed by atoms with E-state index in [1.54, 1.807) is 0 Å². The Labute approximate surface area is 80.5 Å². The van der Waals surface area contributed by atoms with Crippen molar-refractivity contribution in [1.82, 2.24) is 0 Å². The molecule has 4 unspecified atom stereocenters. The fourth-order valence-electron chi connectivity index (χ4n) is 0.909. The molecule has 0 aromatic heterocycles. The molecule has 0 aromatic rings. The fourth-order valence-corrected chi connectivity index (χ4v) is 0.909. The lowest BCUT2D eigenvalue weighted by molar-refractivity contribution is -0.189. The highest BCUT2D eigenvalue weighted by atomic mass is 16.5. The zero-order valence-corrected chi connectivity index (χ0v) is 7.43. The molecule has 7 heteroatoms. The zero-order chi connectivity index (χ0) is 11.3. The predicted octanol–water partition coefficient (Wildman–Crippen LogP) is -3.88. The summed E-state index contributed by atoms with van der Waals surface area (Å²) in [4.78, 5) is 0. The van der Waals surface area contributed by atoms with Crippen LogP contribution < -0.4 is 0 Å². The second kappa shape index (κ2) is 6.25. The molecule has 0 radical (unpaired) electrons. The van der Waals surface area contributed by atoms with Crippen LogP contribution in [0.3, 0.4) is 0 Å². The first-order valence-electron chi connectivity index (χ1n) is 4.11. The molecule has 0 spiro atoms. The molecule has 0 saturated carbocycles. The molecule has 14 heavy (non-hydrogen) atoms. The molecular weight excluding hydrogens is 196 g/mol. The van der Waals surface area contributed by atoms with Gasteiger partial charge < -0.3 is 35.7 Å². The lowest BCUT2D eigenvalue weighted by Crippen LogP contribution is -2.49. The van der Waals surface area contributed by atoms with Crippen molar-refractivity contribution in [2.45, 2.75) is 37.1 Å².